The minimum absolute atomic E-state index is 0.144. The van der Waals surface area contributed by atoms with Crippen LogP contribution in [0.2, 0.25) is 0 Å². The van der Waals surface area contributed by atoms with Gasteiger partial charge in [-0.15, -0.1) is 11.3 Å². The Labute approximate surface area is 193 Å². The summed E-state index contributed by atoms with van der Waals surface area (Å²) in [6, 6.07) is 7.56. The fourth-order valence-corrected chi connectivity index (χ4v) is 8.00. The zero-order valence-corrected chi connectivity index (χ0v) is 20.1. The Balaban J connectivity index is 1.36. The first-order valence-corrected chi connectivity index (χ1v) is 14.0. The lowest BCUT2D eigenvalue weighted by Gasteiger charge is -2.19. The standard InChI is InChI=1S/C25H30O5S2/c1-16(17-5-6-17)20-8-7-18-3-2-4-21(18)22(20)13-19(26)14-32(28,29)24-10-9-23(31-24)25(27)11-12-30-15-25/h7-10,16-17,27H,2-6,11-15H2,1H3/t16-,25?/m1/s1. The van der Waals surface area contributed by atoms with Crippen LogP contribution in [0.1, 0.15) is 65.7 Å². The highest BCUT2D eigenvalue weighted by Crippen LogP contribution is 2.45. The number of Topliss-reactive ketones (excluding diaryl/α,β-unsaturated/α-hetero) is 1. The molecular weight excluding hydrogens is 444 g/mol. The molecule has 2 atom stereocenters. The monoisotopic (exact) mass is 474 g/mol. The zero-order chi connectivity index (χ0) is 22.5. The minimum Gasteiger partial charge on any atom is -0.382 e. The second-order valence-corrected chi connectivity index (χ2v) is 13.0. The van der Waals surface area contributed by atoms with Crippen molar-refractivity contribution in [1.29, 1.82) is 0 Å². The van der Waals surface area contributed by atoms with Gasteiger partial charge in [0.1, 0.15) is 15.6 Å². The fraction of sp³-hybridized carbons (Fsp3) is 0.560. The van der Waals surface area contributed by atoms with Crippen LogP contribution in [-0.2, 0) is 44.2 Å². The van der Waals surface area contributed by atoms with Crippen LogP contribution in [-0.4, -0.2) is 38.3 Å². The Hall–Kier alpha value is -1.54. The highest BCUT2D eigenvalue weighted by atomic mass is 32.2. The number of ketones is 1. The van der Waals surface area contributed by atoms with Crippen LogP contribution in [0.5, 0.6) is 0 Å². The number of fused-ring (bicyclic) bond motifs is 1. The van der Waals surface area contributed by atoms with Gasteiger partial charge in [-0.2, -0.15) is 0 Å². The number of thiophene rings is 1. The second-order valence-electron chi connectivity index (χ2n) is 9.68. The molecule has 1 unspecified atom stereocenters. The summed E-state index contributed by atoms with van der Waals surface area (Å²) < 4.78 is 31.5. The second kappa shape index (κ2) is 8.35. The van der Waals surface area contributed by atoms with Crippen molar-refractivity contribution < 1.29 is 23.1 Å². The fourth-order valence-electron chi connectivity index (χ4n) is 5.26. The highest BCUT2D eigenvalue weighted by molar-refractivity contribution is 7.94. The number of sulfone groups is 1. The molecule has 2 heterocycles. The smallest absolute Gasteiger partial charge is 0.194 e. The summed E-state index contributed by atoms with van der Waals surface area (Å²) in [5.74, 6) is 0.340. The van der Waals surface area contributed by atoms with Crippen LogP contribution in [0.3, 0.4) is 0 Å². The van der Waals surface area contributed by atoms with Gasteiger partial charge in [0.05, 0.1) is 6.61 Å². The predicted octanol–water partition coefficient (Wildman–Crippen LogP) is 3.94. The van der Waals surface area contributed by atoms with Crippen LogP contribution in [0.4, 0.5) is 0 Å². The van der Waals surface area contributed by atoms with Crippen LogP contribution in [0, 0.1) is 5.92 Å². The molecule has 1 saturated carbocycles. The average molecular weight is 475 g/mol. The molecule has 3 aliphatic rings. The Bertz CT molecular complexity index is 1140. The molecular formula is C25H30O5S2. The van der Waals surface area contributed by atoms with Crippen molar-refractivity contribution in [1.82, 2.24) is 0 Å². The van der Waals surface area contributed by atoms with Crippen molar-refractivity contribution >= 4 is 27.0 Å². The Morgan fingerprint density at radius 1 is 1.25 bits per heavy atom. The summed E-state index contributed by atoms with van der Waals surface area (Å²) in [6.45, 7) is 2.87. The van der Waals surface area contributed by atoms with Crippen molar-refractivity contribution in [2.24, 2.45) is 5.92 Å². The summed E-state index contributed by atoms with van der Waals surface area (Å²) in [5, 5.41) is 10.7. The van der Waals surface area contributed by atoms with E-state index >= 15 is 0 Å². The molecule has 7 heteroatoms. The Kier molecular flexibility index (Phi) is 5.81. The molecule has 1 aromatic carbocycles. The molecule has 1 N–H and O–H groups in total. The number of aryl methyl sites for hydroxylation is 1. The molecule has 32 heavy (non-hydrogen) atoms. The van der Waals surface area contributed by atoms with Gasteiger partial charge < -0.3 is 9.84 Å². The van der Waals surface area contributed by atoms with Crippen LogP contribution in [0.15, 0.2) is 28.5 Å². The average Bonchev–Trinajstić information content (AvgIpc) is 3.13. The van der Waals surface area contributed by atoms with E-state index in [1.54, 1.807) is 6.07 Å². The van der Waals surface area contributed by atoms with Crippen molar-refractivity contribution in [2.45, 2.75) is 67.6 Å². The molecule has 1 saturated heterocycles. The normalized spacial score (nSPS) is 23.9. The van der Waals surface area contributed by atoms with Gasteiger partial charge in [-0.05, 0) is 78.3 Å². The van der Waals surface area contributed by atoms with Gasteiger partial charge in [0.15, 0.2) is 15.6 Å². The lowest BCUT2D eigenvalue weighted by atomic mass is 9.86. The van der Waals surface area contributed by atoms with Gasteiger partial charge in [-0.3, -0.25) is 4.79 Å². The molecule has 1 aromatic heterocycles. The summed E-state index contributed by atoms with van der Waals surface area (Å²) in [6.07, 6.45) is 6.22. The summed E-state index contributed by atoms with van der Waals surface area (Å²) in [4.78, 5) is 13.6. The van der Waals surface area contributed by atoms with E-state index < -0.39 is 21.2 Å². The number of hydrogen-bond donors (Lipinski definition) is 1. The van der Waals surface area contributed by atoms with Gasteiger partial charge in [-0.1, -0.05) is 19.1 Å². The predicted molar refractivity (Wildman–Crippen MR) is 124 cm³/mol. The Morgan fingerprint density at radius 3 is 2.78 bits per heavy atom. The quantitative estimate of drug-likeness (QED) is 0.627. The van der Waals surface area contributed by atoms with Gasteiger partial charge in [0.25, 0.3) is 0 Å². The number of aliphatic hydroxyl groups is 1. The first kappa shape index (κ1) is 22.3. The number of carbonyl (C=O) groups is 1. The van der Waals surface area contributed by atoms with Crippen LogP contribution < -0.4 is 0 Å². The van der Waals surface area contributed by atoms with Crippen LogP contribution in [0.25, 0.3) is 0 Å². The lowest BCUT2D eigenvalue weighted by Crippen LogP contribution is -2.24. The van der Waals surface area contributed by atoms with Crippen LogP contribution >= 0.6 is 11.3 Å². The van der Waals surface area contributed by atoms with Gasteiger partial charge in [-0.25, -0.2) is 8.42 Å². The summed E-state index contributed by atoms with van der Waals surface area (Å²) in [5.41, 5.74) is 3.80. The van der Waals surface area contributed by atoms with Crippen molar-refractivity contribution in [3.05, 3.63) is 51.4 Å². The van der Waals surface area contributed by atoms with E-state index in [1.807, 2.05) is 0 Å². The number of benzene rings is 1. The lowest BCUT2D eigenvalue weighted by molar-refractivity contribution is -0.116. The van der Waals surface area contributed by atoms with E-state index in [2.05, 4.69) is 19.1 Å². The number of rotatable bonds is 8. The largest absolute Gasteiger partial charge is 0.382 e. The maximum atomic E-state index is 13.0. The molecule has 0 radical (unpaired) electrons. The highest BCUT2D eigenvalue weighted by Gasteiger charge is 2.37. The maximum Gasteiger partial charge on any atom is 0.194 e. The zero-order valence-electron chi connectivity index (χ0n) is 18.4. The summed E-state index contributed by atoms with van der Waals surface area (Å²) >= 11 is 1.05. The molecule has 0 amide bonds. The van der Waals surface area contributed by atoms with Crippen molar-refractivity contribution in [2.75, 3.05) is 19.0 Å². The third kappa shape index (κ3) is 4.20. The van der Waals surface area contributed by atoms with E-state index in [4.69, 9.17) is 4.74 Å². The molecule has 5 rings (SSSR count). The van der Waals surface area contributed by atoms with Crippen molar-refractivity contribution in [3.8, 4) is 0 Å². The van der Waals surface area contributed by atoms with Gasteiger partial charge in [0.2, 0.25) is 0 Å². The SMILES string of the molecule is C[C@@H](c1ccc2c(c1CC(=O)CS(=O)(=O)c1ccc(C3(O)CCOC3)s1)CCC2)C1CC1. The molecule has 2 aromatic rings. The molecule has 5 nitrogen and oxygen atoms in total. The molecule has 1 aliphatic heterocycles. The van der Waals surface area contributed by atoms with E-state index in [1.165, 1.54) is 35.6 Å². The van der Waals surface area contributed by atoms with Gasteiger partial charge in [0, 0.05) is 24.3 Å². The Morgan fingerprint density at radius 2 is 2.06 bits per heavy atom. The van der Waals surface area contributed by atoms with Gasteiger partial charge >= 0.3 is 0 Å². The van der Waals surface area contributed by atoms with E-state index in [0.29, 0.717) is 29.7 Å². The number of hydrogen-bond acceptors (Lipinski definition) is 6. The molecule has 2 aliphatic carbocycles. The number of ether oxygens (including phenoxy) is 1. The third-order valence-corrected chi connectivity index (χ3v) is 10.9. The number of carbonyl (C=O) groups excluding carboxylic acids is 1. The van der Waals surface area contributed by atoms with E-state index in [-0.39, 0.29) is 23.0 Å². The topological polar surface area (TPSA) is 80.7 Å². The first-order valence-electron chi connectivity index (χ1n) is 11.6. The van der Waals surface area contributed by atoms with E-state index in [9.17, 15) is 18.3 Å². The minimum atomic E-state index is -3.75. The molecule has 0 spiro atoms. The third-order valence-electron chi connectivity index (χ3n) is 7.33. The van der Waals surface area contributed by atoms with E-state index in [0.717, 1.165) is 36.2 Å². The van der Waals surface area contributed by atoms with Crippen molar-refractivity contribution in [3.63, 3.8) is 0 Å². The first-order chi connectivity index (χ1) is 15.3. The molecule has 172 valence electrons. The molecule has 0 bridgehead atoms. The maximum absolute atomic E-state index is 13.0. The molecule has 2 fully saturated rings. The summed E-state index contributed by atoms with van der Waals surface area (Å²) in [7, 11) is -3.75.